The number of nitrogens with zero attached hydrogens (tertiary/aromatic N) is 1. The van der Waals surface area contributed by atoms with Gasteiger partial charge in [0, 0.05) is 37.5 Å². The maximum Gasteiger partial charge on any atom is 0.0880 e. The van der Waals surface area contributed by atoms with Gasteiger partial charge in [-0.15, -0.1) is 0 Å². The average molecular weight is 232 g/mol. The van der Waals surface area contributed by atoms with Crippen LogP contribution < -0.4 is 5.32 Å². The first-order valence-electron chi connectivity index (χ1n) is 6.68. The second kappa shape index (κ2) is 5.15. The molecule has 2 heterocycles. The molecule has 92 valence electrons. The van der Waals surface area contributed by atoms with Gasteiger partial charge in [-0.05, 0) is 37.3 Å². The molecule has 2 unspecified atom stereocenters. The van der Waals surface area contributed by atoms with Crippen LogP contribution in [0.15, 0.2) is 24.5 Å². The van der Waals surface area contributed by atoms with Gasteiger partial charge in [-0.3, -0.25) is 4.98 Å². The Morgan fingerprint density at radius 2 is 2.29 bits per heavy atom. The minimum absolute atomic E-state index is 0.240. The van der Waals surface area contributed by atoms with E-state index in [1.165, 1.54) is 31.2 Å². The molecule has 3 rings (SSSR count). The topological polar surface area (TPSA) is 34.1 Å². The van der Waals surface area contributed by atoms with Crippen molar-refractivity contribution >= 4 is 0 Å². The van der Waals surface area contributed by atoms with E-state index < -0.39 is 0 Å². The molecule has 1 saturated carbocycles. The minimum Gasteiger partial charge on any atom is -0.373 e. The Morgan fingerprint density at radius 1 is 1.35 bits per heavy atom. The van der Waals surface area contributed by atoms with E-state index in [4.69, 9.17) is 4.74 Å². The van der Waals surface area contributed by atoms with E-state index >= 15 is 0 Å². The highest BCUT2D eigenvalue weighted by atomic mass is 16.5. The third-order valence-electron chi connectivity index (χ3n) is 3.70. The molecule has 17 heavy (non-hydrogen) atoms. The Labute approximate surface area is 103 Å². The first-order chi connectivity index (χ1) is 8.43. The fourth-order valence-corrected chi connectivity index (χ4v) is 2.57. The number of hydrogen-bond acceptors (Lipinski definition) is 3. The first kappa shape index (κ1) is 11.2. The largest absolute Gasteiger partial charge is 0.373 e. The van der Waals surface area contributed by atoms with Crippen molar-refractivity contribution in [2.45, 2.75) is 37.8 Å². The van der Waals surface area contributed by atoms with Crippen molar-refractivity contribution in [3.63, 3.8) is 0 Å². The molecule has 0 radical (unpaired) electrons. The number of ether oxygens (including phenoxy) is 1. The van der Waals surface area contributed by atoms with Gasteiger partial charge in [0.15, 0.2) is 0 Å². The predicted octanol–water partition coefficient (Wildman–Crippen LogP) is 2.30. The minimum atomic E-state index is 0.240. The lowest BCUT2D eigenvalue weighted by atomic mass is 9.90. The Kier molecular flexibility index (Phi) is 3.39. The van der Waals surface area contributed by atoms with Crippen LogP contribution in [-0.2, 0) is 4.74 Å². The van der Waals surface area contributed by atoms with Gasteiger partial charge in [0.05, 0.1) is 6.10 Å². The van der Waals surface area contributed by atoms with Crippen LogP contribution in [0.4, 0.5) is 0 Å². The predicted molar refractivity (Wildman–Crippen MR) is 66.7 cm³/mol. The maximum atomic E-state index is 5.95. The summed E-state index contributed by atoms with van der Waals surface area (Å²) in [6, 6.07) is 4.91. The summed E-state index contributed by atoms with van der Waals surface area (Å²) < 4.78 is 5.95. The fourth-order valence-electron chi connectivity index (χ4n) is 2.57. The van der Waals surface area contributed by atoms with Crippen molar-refractivity contribution in [1.82, 2.24) is 10.3 Å². The summed E-state index contributed by atoms with van der Waals surface area (Å²) in [5.74, 6) is 0.605. The van der Waals surface area contributed by atoms with Crippen LogP contribution in [0.1, 0.15) is 37.4 Å². The lowest BCUT2D eigenvalue weighted by Crippen LogP contribution is -2.32. The lowest BCUT2D eigenvalue weighted by molar-refractivity contribution is -0.0280. The van der Waals surface area contributed by atoms with E-state index in [0.717, 1.165) is 19.2 Å². The summed E-state index contributed by atoms with van der Waals surface area (Å²) in [4.78, 5) is 4.20. The van der Waals surface area contributed by atoms with Gasteiger partial charge >= 0.3 is 0 Å². The van der Waals surface area contributed by atoms with Crippen molar-refractivity contribution < 1.29 is 4.74 Å². The first-order valence-corrected chi connectivity index (χ1v) is 6.68. The van der Waals surface area contributed by atoms with Crippen LogP contribution >= 0.6 is 0 Å². The number of aromatic nitrogens is 1. The van der Waals surface area contributed by atoms with Crippen LogP contribution in [0.25, 0.3) is 0 Å². The zero-order chi connectivity index (χ0) is 11.5. The standard InChI is InChI=1S/C14H20N2O/c1-3-11(9-15-7-1)14-12(4-2-8-17-14)10-16-13-5-6-13/h1,3,7,9,12-14,16H,2,4-6,8,10H2. The average Bonchev–Trinajstić information content (AvgIpc) is 3.22. The molecule has 2 fully saturated rings. The highest BCUT2D eigenvalue weighted by molar-refractivity contribution is 5.14. The van der Waals surface area contributed by atoms with E-state index in [-0.39, 0.29) is 6.10 Å². The van der Waals surface area contributed by atoms with Crippen molar-refractivity contribution in [1.29, 1.82) is 0 Å². The molecule has 0 spiro atoms. The normalized spacial score (nSPS) is 29.2. The highest BCUT2D eigenvalue weighted by Crippen LogP contribution is 2.33. The Bertz CT molecular complexity index is 350. The molecule has 1 N–H and O–H groups in total. The summed E-state index contributed by atoms with van der Waals surface area (Å²) in [6.45, 7) is 1.98. The quantitative estimate of drug-likeness (QED) is 0.865. The van der Waals surface area contributed by atoms with E-state index in [1.807, 2.05) is 18.5 Å². The molecule has 0 amide bonds. The molecular formula is C14H20N2O. The Hall–Kier alpha value is -0.930. The third kappa shape index (κ3) is 2.85. The number of pyridine rings is 1. The summed E-state index contributed by atoms with van der Waals surface area (Å²) in [5.41, 5.74) is 1.23. The van der Waals surface area contributed by atoms with Gasteiger partial charge < -0.3 is 10.1 Å². The molecule has 1 saturated heterocycles. The maximum absolute atomic E-state index is 5.95. The number of hydrogen-bond donors (Lipinski definition) is 1. The molecule has 2 atom stereocenters. The molecular weight excluding hydrogens is 212 g/mol. The zero-order valence-corrected chi connectivity index (χ0v) is 10.1. The smallest absolute Gasteiger partial charge is 0.0880 e. The van der Waals surface area contributed by atoms with E-state index in [1.54, 1.807) is 0 Å². The molecule has 2 aliphatic rings. The Balaban J connectivity index is 1.66. The van der Waals surface area contributed by atoms with E-state index in [0.29, 0.717) is 5.92 Å². The number of rotatable bonds is 4. The molecule has 1 aliphatic heterocycles. The summed E-state index contributed by atoms with van der Waals surface area (Å²) >= 11 is 0. The molecule has 0 bridgehead atoms. The summed E-state index contributed by atoms with van der Waals surface area (Å²) in [7, 11) is 0. The van der Waals surface area contributed by atoms with Gasteiger partial charge in [-0.25, -0.2) is 0 Å². The van der Waals surface area contributed by atoms with Crippen LogP contribution in [0.5, 0.6) is 0 Å². The van der Waals surface area contributed by atoms with Gasteiger partial charge in [0.1, 0.15) is 0 Å². The van der Waals surface area contributed by atoms with Crippen LogP contribution in [0, 0.1) is 5.92 Å². The molecule has 1 aromatic heterocycles. The van der Waals surface area contributed by atoms with Gasteiger partial charge in [-0.1, -0.05) is 6.07 Å². The molecule has 1 aromatic rings. The molecule has 1 aliphatic carbocycles. The van der Waals surface area contributed by atoms with Gasteiger partial charge in [0.2, 0.25) is 0 Å². The van der Waals surface area contributed by atoms with Crippen molar-refractivity contribution in [3.8, 4) is 0 Å². The second-order valence-electron chi connectivity index (χ2n) is 5.16. The van der Waals surface area contributed by atoms with E-state index in [2.05, 4.69) is 16.4 Å². The molecule has 3 nitrogen and oxygen atoms in total. The van der Waals surface area contributed by atoms with Crippen molar-refractivity contribution in [2.24, 2.45) is 5.92 Å². The Morgan fingerprint density at radius 3 is 3.06 bits per heavy atom. The SMILES string of the molecule is c1cncc(C2OCCCC2CNC2CC2)c1. The molecule has 0 aromatic carbocycles. The zero-order valence-electron chi connectivity index (χ0n) is 10.1. The van der Waals surface area contributed by atoms with Crippen LogP contribution in [0.2, 0.25) is 0 Å². The summed E-state index contributed by atoms with van der Waals surface area (Å²) in [5, 5.41) is 3.63. The van der Waals surface area contributed by atoms with Gasteiger partial charge in [-0.2, -0.15) is 0 Å². The lowest BCUT2D eigenvalue weighted by Gasteiger charge is -2.32. The van der Waals surface area contributed by atoms with E-state index in [9.17, 15) is 0 Å². The van der Waals surface area contributed by atoms with Crippen LogP contribution in [-0.4, -0.2) is 24.2 Å². The molecule has 3 heteroatoms. The monoisotopic (exact) mass is 232 g/mol. The number of nitrogens with one attached hydrogen (secondary N) is 1. The summed E-state index contributed by atoms with van der Waals surface area (Å²) in [6.07, 6.45) is 9.16. The van der Waals surface area contributed by atoms with Crippen molar-refractivity contribution in [2.75, 3.05) is 13.2 Å². The fraction of sp³-hybridized carbons (Fsp3) is 0.643. The highest BCUT2D eigenvalue weighted by Gasteiger charge is 2.29. The van der Waals surface area contributed by atoms with Crippen molar-refractivity contribution in [3.05, 3.63) is 30.1 Å². The second-order valence-corrected chi connectivity index (χ2v) is 5.16. The van der Waals surface area contributed by atoms with Crippen LogP contribution in [0.3, 0.4) is 0 Å². The third-order valence-corrected chi connectivity index (χ3v) is 3.70. The van der Waals surface area contributed by atoms with Gasteiger partial charge in [0.25, 0.3) is 0 Å².